The summed E-state index contributed by atoms with van der Waals surface area (Å²) in [7, 11) is 1.62. The molecule has 3 rings (SSSR count). The fourth-order valence-corrected chi connectivity index (χ4v) is 4.11. The van der Waals surface area contributed by atoms with Gasteiger partial charge in [0.2, 0.25) is 5.91 Å². The molecule has 0 aromatic heterocycles. The number of halogens is 3. The van der Waals surface area contributed by atoms with Crippen molar-refractivity contribution in [3.8, 4) is 0 Å². The van der Waals surface area contributed by atoms with E-state index in [-0.39, 0.29) is 24.5 Å². The van der Waals surface area contributed by atoms with Crippen LogP contribution in [0.1, 0.15) is 18.4 Å². The van der Waals surface area contributed by atoms with Gasteiger partial charge in [0.25, 0.3) is 0 Å². The number of carbonyl (C=O) groups excluding carboxylic acids is 1. The van der Waals surface area contributed by atoms with Crippen molar-refractivity contribution in [3.05, 3.63) is 29.8 Å². The molecule has 1 saturated carbocycles. The van der Waals surface area contributed by atoms with E-state index in [4.69, 9.17) is 0 Å². The molecule has 2 aliphatic rings. The molecule has 8 heteroatoms. The zero-order valence-corrected chi connectivity index (χ0v) is 14.6. The highest BCUT2D eigenvalue weighted by Gasteiger charge is 2.43. The Hall–Kier alpha value is -1.80. The van der Waals surface area contributed by atoms with Gasteiger partial charge in [-0.15, -0.1) is 0 Å². The molecule has 1 aromatic rings. The fourth-order valence-electron chi connectivity index (χ4n) is 4.11. The zero-order valence-electron chi connectivity index (χ0n) is 14.6. The molecular weight excluding hydrogens is 347 g/mol. The number of alkyl halides is 3. The van der Waals surface area contributed by atoms with E-state index in [0.717, 1.165) is 37.2 Å². The third kappa shape index (κ3) is 3.81. The molecule has 1 aliphatic carbocycles. The van der Waals surface area contributed by atoms with E-state index >= 15 is 0 Å². The maximum atomic E-state index is 12.7. The van der Waals surface area contributed by atoms with Crippen molar-refractivity contribution in [3.63, 3.8) is 0 Å². The van der Waals surface area contributed by atoms with Gasteiger partial charge in [-0.2, -0.15) is 13.2 Å². The van der Waals surface area contributed by atoms with E-state index in [1.54, 1.807) is 7.05 Å². The van der Waals surface area contributed by atoms with Gasteiger partial charge >= 0.3 is 6.18 Å². The van der Waals surface area contributed by atoms with Crippen LogP contribution in [-0.2, 0) is 11.0 Å². The van der Waals surface area contributed by atoms with Gasteiger partial charge in [-0.25, -0.2) is 0 Å². The van der Waals surface area contributed by atoms with Gasteiger partial charge in [-0.05, 0) is 50.1 Å². The van der Waals surface area contributed by atoms with Crippen molar-refractivity contribution < 1.29 is 23.1 Å². The molecule has 4 atom stereocenters. The normalized spacial score (nSPS) is 26.7. The van der Waals surface area contributed by atoms with Crippen LogP contribution in [0, 0.1) is 11.8 Å². The number of likely N-dealkylation sites (N-methyl/N-ethyl adjacent to an activating group) is 1. The first-order valence-electron chi connectivity index (χ1n) is 8.84. The monoisotopic (exact) mass is 371 g/mol. The van der Waals surface area contributed by atoms with E-state index in [9.17, 15) is 23.1 Å². The number of benzene rings is 1. The van der Waals surface area contributed by atoms with Gasteiger partial charge in [-0.1, -0.05) is 0 Å². The number of aliphatic hydroxyl groups excluding tert-OH is 1. The summed E-state index contributed by atoms with van der Waals surface area (Å²) in [5.74, 6) is 0.482. The van der Waals surface area contributed by atoms with Crippen LogP contribution in [0.3, 0.4) is 0 Å². The van der Waals surface area contributed by atoms with Gasteiger partial charge in [0.15, 0.2) is 0 Å². The predicted octanol–water partition coefficient (Wildman–Crippen LogP) is 1.62. The Kier molecular flexibility index (Phi) is 5.43. The predicted molar refractivity (Wildman–Crippen MR) is 91.7 cm³/mol. The number of rotatable bonds is 5. The molecular formula is C18H24F3N3O2. The van der Waals surface area contributed by atoms with E-state index in [2.05, 4.69) is 15.5 Å². The quantitative estimate of drug-likeness (QED) is 0.736. The number of hydrogen-bond donors (Lipinski definition) is 3. The number of fused-ring (bicyclic) bond motifs is 1. The highest BCUT2D eigenvalue weighted by Crippen LogP contribution is 2.40. The molecule has 26 heavy (non-hydrogen) atoms. The third-order valence-corrected chi connectivity index (χ3v) is 5.59. The lowest BCUT2D eigenvalue weighted by Crippen LogP contribution is -2.50. The molecule has 0 bridgehead atoms. The van der Waals surface area contributed by atoms with Gasteiger partial charge in [0, 0.05) is 30.7 Å². The topological polar surface area (TPSA) is 64.6 Å². The first kappa shape index (κ1) is 19.0. The Balaban J connectivity index is 1.63. The maximum Gasteiger partial charge on any atom is 0.416 e. The van der Waals surface area contributed by atoms with Gasteiger partial charge < -0.3 is 20.6 Å². The highest BCUT2D eigenvalue weighted by atomic mass is 19.4. The number of aliphatic hydroxyl groups is 1. The van der Waals surface area contributed by atoms with Crippen LogP contribution in [0.5, 0.6) is 0 Å². The van der Waals surface area contributed by atoms with Crippen LogP contribution >= 0.6 is 0 Å². The Morgan fingerprint density at radius 3 is 2.54 bits per heavy atom. The van der Waals surface area contributed by atoms with Gasteiger partial charge in [-0.3, -0.25) is 4.79 Å². The molecule has 1 aliphatic heterocycles. The van der Waals surface area contributed by atoms with Gasteiger partial charge in [0.1, 0.15) is 6.04 Å². The first-order valence-corrected chi connectivity index (χ1v) is 8.84. The Morgan fingerprint density at radius 2 is 1.96 bits per heavy atom. The number of nitrogens with zero attached hydrogens (tertiary/aromatic N) is 1. The van der Waals surface area contributed by atoms with Crippen molar-refractivity contribution in [2.24, 2.45) is 11.8 Å². The van der Waals surface area contributed by atoms with Crippen LogP contribution in [0.2, 0.25) is 0 Å². The number of carbonyl (C=O) groups is 1. The molecule has 5 nitrogen and oxygen atoms in total. The summed E-state index contributed by atoms with van der Waals surface area (Å²) in [6.45, 7) is 1.24. The minimum Gasteiger partial charge on any atom is -0.394 e. The first-order chi connectivity index (χ1) is 12.3. The molecule has 0 unspecified atom stereocenters. The van der Waals surface area contributed by atoms with Crippen molar-refractivity contribution in [2.45, 2.75) is 31.1 Å². The molecule has 0 spiro atoms. The number of hydrogen-bond acceptors (Lipinski definition) is 4. The maximum absolute atomic E-state index is 12.7. The molecule has 0 radical (unpaired) electrons. The summed E-state index contributed by atoms with van der Waals surface area (Å²) < 4.78 is 38.1. The molecule has 3 N–H and O–H groups in total. The van der Waals surface area contributed by atoms with Crippen molar-refractivity contribution in [1.82, 2.24) is 10.6 Å². The largest absolute Gasteiger partial charge is 0.416 e. The number of amides is 1. The summed E-state index contributed by atoms with van der Waals surface area (Å²) in [5.41, 5.74) is 0.133. The Bertz CT molecular complexity index is 632. The third-order valence-electron chi connectivity index (χ3n) is 5.59. The lowest BCUT2D eigenvalue weighted by atomic mass is 9.97. The van der Waals surface area contributed by atoms with Crippen molar-refractivity contribution in [1.29, 1.82) is 0 Å². The summed E-state index contributed by atoms with van der Waals surface area (Å²) in [5, 5.41) is 15.0. The second-order valence-electron chi connectivity index (χ2n) is 7.09. The van der Waals surface area contributed by atoms with E-state index in [0.29, 0.717) is 12.5 Å². The van der Waals surface area contributed by atoms with Crippen molar-refractivity contribution >= 4 is 11.6 Å². The van der Waals surface area contributed by atoms with E-state index in [1.165, 1.54) is 12.1 Å². The van der Waals surface area contributed by atoms with Crippen LogP contribution in [-0.4, -0.2) is 49.8 Å². The summed E-state index contributed by atoms with van der Waals surface area (Å²) >= 11 is 0. The van der Waals surface area contributed by atoms with Crippen LogP contribution in [0.25, 0.3) is 0 Å². The second-order valence-corrected chi connectivity index (χ2v) is 7.09. The Labute approximate surface area is 150 Å². The van der Waals surface area contributed by atoms with E-state index < -0.39 is 17.8 Å². The fraction of sp³-hybridized carbons (Fsp3) is 0.611. The molecule has 1 aromatic carbocycles. The molecule has 2 fully saturated rings. The lowest BCUT2D eigenvalue weighted by Gasteiger charge is -2.24. The number of anilines is 1. The minimum absolute atomic E-state index is 0.0364. The average Bonchev–Trinajstić information content (AvgIpc) is 3.17. The molecule has 1 amide bonds. The minimum atomic E-state index is -4.33. The van der Waals surface area contributed by atoms with Crippen LogP contribution in [0.15, 0.2) is 24.3 Å². The Morgan fingerprint density at radius 1 is 1.27 bits per heavy atom. The standard InChI is InChI=1S/C18H24F3N3O2/c1-22-16(10-25)17(26)23-15-7-2-11-8-24(9-14(11)15)13-5-3-12(4-6-13)18(19,20)21/h3-6,11,14-16,22,25H,2,7-10H2,1H3,(H,23,26)/t11-,14+,15+,16+/m1/s1. The molecule has 1 saturated heterocycles. The van der Waals surface area contributed by atoms with Crippen molar-refractivity contribution in [2.75, 3.05) is 31.6 Å². The molecule has 1 heterocycles. The van der Waals surface area contributed by atoms with Crippen LogP contribution in [0.4, 0.5) is 18.9 Å². The second kappa shape index (κ2) is 7.44. The number of nitrogens with one attached hydrogen (secondary N) is 2. The summed E-state index contributed by atoms with van der Waals surface area (Å²) in [6.07, 6.45) is -2.45. The summed E-state index contributed by atoms with van der Waals surface area (Å²) in [6, 6.07) is 4.67. The highest BCUT2D eigenvalue weighted by molar-refractivity contribution is 5.82. The lowest BCUT2D eigenvalue weighted by molar-refractivity contribution is -0.137. The smallest absolute Gasteiger partial charge is 0.394 e. The summed E-state index contributed by atoms with van der Waals surface area (Å²) in [4.78, 5) is 14.3. The van der Waals surface area contributed by atoms with E-state index in [1.807, 2.05) is 0 Å². The average molecular weight is 371 g/mol. The molecule has 144 valence electrons. The van der Waals surface area contributed by atoms with Gasteiger partial charge in [0.05, 0.1) is 12.2 Å². The van der Waals surface area contributed by atoms with Crippen LogP contribution < -0.4 is 15.5 Å². The SMILES string of the molecule is CN[C@@H](CO)C(=O)N[C@H]1CC[C@@H]2CN(c3ccc(C(F)(F)F)cc3)C[C@@H]21. The zero-order chi connectivity index (χ0) is 18.9.